The summed E-state index contributed by atoms with van der Waals surface area (Å²) >= 11 is 0. The van der Waals surface area contributed by atoms with Crippen LogP contribution in [0.4, 0.5) is 8.78 Å². The number of alkyl halides is 2. The van der Waals surface area contributed by atoms with Gasteiger partial charge in [0, 0.05) is 60.2 Å². The second-order valence-corrected chi connectivity index (χ2v) is 9.24. The van der Waals surface area contributed by atoms with Crippen molar-refractivity contribution in [3.63, 3.8) is 0 Å². The quantitative estimate of drug-likeness (QED) is 0.342. The summed E-state index contributed by atoms with van der Waals surface area (Å²) < 4.78 is 32.5. The molecule has 1 aliphatic rings. The molecule has 0 unspecified atom stereocenters. The number of imidazole rings is 1. The minimum atomic E-state index is -2.62. The van der Waals surface area contributed by atoms with Crippen LogP contribution >= 0.6 is 0 Å². The molecule has 0 aromatic carbocycles. The maximum Gasteiger partial charge on any atom is 0.261 e. The number of pyridine rings is 3. The Morgan fingerprint density at radius 3 is 2.86 bits per heavy atom. The van der Waals surface area contributed by atoms with Crippen molar-refractivity contribution < 1.29 is 13.2 Å². The van der Waals surface area contributed by atoms with Gasteiger partial charge in [-0.25, -0.2) is 18.7 Å². The molecule has 7 rings (SSSR count). The molecule has 0 spiro atoms. The third-order valence-corrected chi connectivity index (χ3v) is 6.64. The van der Waals surface area contributed by atoms with Crippen LogP contribution in [0, 0.1) is 0 Å². The van der Waals surface area contributed by atoms with Crippen LogP contribution in [0.25, 0.3) is 56.0 Å². The molecular formula is C26H20F2N8O. The van der Waals surface area contributed by atoms with E-state index in [4.69, 9.17) is 4.42 Å². The van der Waals surface area contributed by atoms with Gasteiger partial charge in [0.2, 0.25) is 0 Å². The molecule has 0 bridgehead atoms. The van der Waals surface area contributed by atoms with E-state index in [1.807, 2.05) is 24.3 Å². The van der Waals surface area contributed by atoms with Crippen LogP contribution in [-0.2, 0) is 6.54 Å². The number of H-pyrrole nitrogens is 2. The lowest BCUT2D eigenvalue weighted by Gasteiger charge is -2.15. The maximum absolute atomic E-state index is 13.6. The van der Waals surface area contributed by atoms with Crippen molar-refractivity contribution in [3.05, 3.63) is 67.1 Å². The van der Waals surface area contributed by atoms with Gasteiger partial charge in [-0.05, 0) is 29.8 Å². The highest BCUT2D eigenvalue weighted by molar-refractivity contribution is 5.96. The lowest BCUT2D eigenvalue weighted by molar-refractivity contribution is 0.0115. The van der Waals surface area contributed by atoms with Crippen LogP contribution in [0.3, 0.4) is 0 Å². The molecule has 37 heavy (non-hydrogen) atoms. The van der Waals surface area contributed by atoms with Crippen molar-refractivity contribution in [2.45, 2.75) is 18.9 Å². The van der Waals surface area contributed by atoms with Gasteiger partial charge >= 0.3 is 0 Å². The maximum atomic E-state index is 13.6. The van der Waals surface area contributed by atoms with Crippen molar-refractivity contribution in [2.24, 2.45) is 0 Å². The largest absolute Gasteiger partial charge is 0.472 e. The number of fused-ring (bicyclic) bond motifs is 2. The summed E-state index contributed by atoms with van der Waals surface area (Å²) in [6, 6.07) is 7.66. The van der Waals surface area contributed by atoms with E-state index in [0.29, 0.717) is 35.9 Å². The topological polar surface area (TPSA) is 112 Å². The summed E-state index contributed by atoms with van der Waals surface area (Å²) in [5.41, 5.74) is 6.96. The van der Waals surface area contributed by atoms with E-state index >= 15 is 0 Å². The molecule has 1 fully saturated rings. The van der Waals surface area contributed by atoms with Gasteiger partial charge in [-0.15, -0.1) is 0 Å². The van der Waals surface area contributed by atoms with Gasteiger partial charge < -0.3 is 9.40 Å². The van der Waals surface area contributed by atoms with E-state index in [1.165, 1.54) is 0 Å². The first-order valence-corrected chi connectivity index (χ1v) is 11.8. The van der Waals surface area contributed by atoms with Gasteiger partial charge in [-0.1, -0.05) is 0 Å². The fourth-order valence-electron chi connectivity index (χ4n) is 4.85. The molecule has 1 aliphatic heterocycles. The van der Waals surface area contributed by atoms with Gasteiger partial charge in [0.05, 0.1) is 42.0 Å². The summed E-state index contributed by atoms with van der Waals surface area (Å²) in [7, 11) is 0. The fraction of sp³-hybridized carbons (Fsp3) is 0.192. The van der Waals surface area contributed by atoms with Crippen LogP contribution < -0.4 is 0 Å². The summed E-state index contributed by atoms with van der Waals surface area (Å²) in [5.74, 6) is -2.05. The van der Waals surface area contributed by atoms with Gasteiger partial charge in [0.15, 0.2) is 11.5 Å². The van der Waals surface area contributed by atoms with E-state index in [1.54, 1.807) is 42.2 Å². The summed E-state index contributed by atoms with van der Waals surface area (Å²) in [6.07, 6.45) is 10.0. The van der Waals surface area contributed by atoms with Gasteiger partial charge in [0.25, 0.3) is 5.92 Å². The van der Waals surface area contributed by atoms with Crippen LogP contribution in [0.2, 0.25) is 0 Å². The van der Waals surface area contributed by atoms with Crippen molar-refractivity contribution in [1.82, 2.24) is 40.0 Å². The van der Waals surface area contributed by atoms with E-state index in [-0.39, 0.29) is 13.0 Å². The lowest BCUT2D eigenvalue weighted by Crippen LogP contribution is -2.24. The van der Waals surface area contributed by atoms with E-state index in [0.717, 1.165) is 38.7 Å². The number of nitrogens with zero attached hydrogens (tertiary/aromatic N) is 6. The number of halogens is 2. The second-order valence-electron chi connectivity index (χ2n) is 9.24. The zero-order valence-electron chi connectivity index (χ0n) is 19.4. The first-order valence-electron chi connectivity index (χ1n) is 11.8. The predicted octanol–water partition coefficient (Wildman–Crippen LogP) is 5.06. The summed E-state index contributed by atoms with van der Waals surface area (Å²) in [6.45, 7) is 0.559. The Morgan fingerprint density at radius 2 is 2.03 bits per heavy atom. The molecule has 6 aromatic heterocycles. The van der Waals surface area contributed by atoms with Crippen LogP contribution in [0.5, 0.6) is 0 Å². The van der Waals surface area contributed by atoms with Gasteiger partial charge in [-0.3, -0.25) is 20.0 Å². The Morgan fingerprint density at radius 1 is 1.08 bits per heavy atom. The number of furan rings is 1. The third kappa shape index (κ3) is 3.93. The van der Waals surface area contributed by atoms with Gasteiger partial charge in [-0.2, -0.15) is 5.10 Å². The molecule has 184 valence electrons. The standard InChI is InChI=1S/C26H20F2N8O/c27-26(28)3-5-36(14-26)12-15-7-17(10-29-9-15)20-8-19-21(11-31-20)34-35-23(19)25-32-22-18(16-2-6-37-13-16)1-4-30-24(22)33-25/h1-2,4,6-11,13H,3,5,12,14H2,(H,34,35)(H,30,32,33). The zero-order valence-corrected chi connectivity index (χ0v) is 19.4. The van der Waals surface area contributed by atoms with E-state index in [2.05, 4.69) is 35.1 Å². The van der Waals surface area contributed by atoms with Crippen molar-refractivity contribution in [2.75, 3.05) is 13.1 Å². The molecule has 0 amide bonds. The van der Waals surface area contributed by atoms with Crippen molar-refractivity contribution >= 4 is 22.1 Å². The highest BCUT2D eigenvalue weighted by Crippen LogP contribution is 2.32. The SMILES string of the molecule is FC1(F)CCN(Cc2cncc(-c3cc4c(-c5nc6nccc(-c7ccoc7)c6[nH]5)n[nH]c4cn3)c2)C1. The second kappa shape index (κ2) is 8.27. The number of rotatable bonds is 5. The number of nitrogens with one attached hydrogen (secondary N) is 2. The van der Waals surface area contributed by atoms with Crippen molar-refractivity contribution in [3.8, 4) is 33.9 Å². The molecular weight excluding hydrogens is 478 g/mol. The normalized spacial score (nSPS) is 15.7. The first kappa shape index (κ1) is 21.7. The van der Waals surface area contributed by atoms with Gasteiger partial charge in [0.1, 0.15) is 5.69 Å². The number of hydrogen-bond donors (Lipinski definition) is 2. The Balaban J connectivity index is 1.24. The van der Waals surface area contributed by atoms with Crippen LogP contribution in [0.15, 0.2) is 66.0 Å². The highest BCUT2D eigenvalue weighted by atomic mass is 19.3. The Bertz CT molecular complexity index is 1740. The molecule has 1 saturated heterocycles. The van der Waals surface area contributed by atoms with Crippen molar-refractivity contribution in [1.29, 1.82) is 0 Å². The zero-order chi connectivity index (χ0) is 25.0. The Hall–Kier alpha value is -4.51. The molecule has 0 aliphatic carbocycles. The third-order valence-electron chi connectivity index (χ3n) is 6.64. The fourth-order valence-corrected chi connectivity index (χ4v) is 4.85. The van der Waals surface area contributed by atoms with E-state index < -0.39 is 5.92 Å². The van der Waals surface area contributed by atoms with E-state index in [9.17, 15) is 8.78 Å². The molecule has 0 saturated carbocycles. The minimum Gasteiger partial charge on any atom is -0.472 e. The first-order chi connectivity index (χ1) is 18.0. The van der Waals surface area contributed by atoms with Crippen LogP contribution in [-0.4, -0.2) is 59.0 Å². The summed E-state index contributed by atoms with van der Waals surface area (Å²) in [4.78, 5) is 23.1. The monoisotopic (exact) mass is 498 g/mol. The summed E-state index contributed by atoms with van der Waals surface area (Å²) in [5, 5.41) is 8.34. The molecule has 7 heterocycles. The smallest absolute Gasteiger partial charge is 0.261 e. The molecule has 0 radical (unpaired) electrons. The molecule has 11 heteroatoms. The van der Waals surface area contributed by atoms with Crippen LogP contribution in [0.1, 0.15) is 12.0 Å². The lowest BCUT2D eigenvalue weighted by atomic mass is 10.1. The molecule has 9 nitrogen and oxygen atoms in total. The molecule has 2 N–H and O–H groups in total. The minimum absolute atomic E-state index is 0.109. The Labute approximate surface area is 208 Å². The molecule has 6 aromatic rings. The number of likely N-dealkylation sites (tertiary alicyclic amines) is 1. The average molecular weight is 498 g/mol. The predicted molar refractivity (Wildman–Crippen MR) is 133 cm³/mol. The number of hydrogen-bond acceptors (Lipinski definition) is 7. The number of aromatic nitrogens is 7. The highest BCUT2D eigenvalue weighted by Gasteiger charge is 2.37. The average Bonchev–Trinajstić information content (AvgIpc) is 3.69. The molecule has 0 atom stereocenters. The number of aromatic amines is 2. The Kier molecular flexibility index (Phi) is 4.86.